The Kier molecular flexibility index (Phi) is 9.78. The molecule has 1 unspecified atom stereocenters. The molecule has 0 fully saturated rings. The van der Waals surface area contributed by atoms with Crippen LogP contribution in [0.2, 0.25) is 0 Å². The summed E-state index contributed by atoms with van der Waals surface area (Å²) in [6.07, 6.45) is 7.59. The van der Waals surface area contributed by atoms with Crippen molar-refractivity contribution in [1.29, 1.82) is 0 Å². The molecular weight excluding hydrogens is 240 g/mol. The lowest BCUT2D eigenvalue weighted by Crippen LogP contribution is -2.20. The highest BCUT2D eigenvalue weighted by atomic mass is 32.2. The van der Waals surface area contributed by atoms with Gasteiger partial charge in [-0.3, -0.25) is 4.55 Å². The van der Waals surface area contributed by atoms with E-state index in [4.69, 9.17) is 9.66 Å². The summed E-state index contributed by atoms with van der Waals surface area (Å²) in [6, 6.07) is 0. The molecule has 0 radical (unpaired) electrons. The third-order valence-corrected chi connectivity index (χ3v) is 4.30. The highest BCUT2D eigenvalue weighted by Gasteiger charge is 2.21. The Labute approximate surface area is 105 Å². The standard InChI is InChI=1S/C12H26O4S/c1-2-3-4-5-6-9-12(17(14,15)16)10-7-8-11-13/h12-13H,2-11H2,1H3,(H,14,15,16). The van der Waals surface area contributed by atoms with Gasteiger partial charge in [-0.2, -0.15) is 8.42 Å². The zero-order valence-electron chi connectivity index (χ0n) is 10.8. The van der Waals surface area contributed by atoms with Crippen molar-refractivity contribution in [2.75, 3.05) is 6.61 Å². The van der Waals surface area contributed by atoms with Gasteiger partial charge in [0, 0.05) is 6.61 Å². The average molecular weight is 266 g/mol. The quantitative estimate of drug-likeness (QED) is 0.445. The molecule has 0 saturated carbocycles. The maximum absolute atomic E-state index is 11.1. The van der Waals surface area contributed by atoms with Crippen molar-refractivity contribution in [2.24, 2.45) is 0 Å². The smallest absolute Gasteiger partial charge is 0.267 e. The zero-order valence-corrected chi connectivity index (χ0v) is 11.6. The number of unbranched alkanes of at least 4 members (excludes halogenated alkanes) is 5. The Bertz CT molecular complexity index is 262. The van der Waals surface area contributed by atoms with E-state index < -0.39 is 15.4 Å². The van der Waals surface area contributed by atoms with E-state index in [0.717, 1.165) is 25.7 Å². The molecule has 0 amide bonds. The molecule has 0 aromatic heterocycles. The lowest BCUT2D eigenvalue weighted by Gasteiger charge is -2.13. The minimum atomic E-state index is -3.92. The van der Waals surface area contributed by atoms with E-state index in [-0.39, 0.29) is 6.61 Å². The minimum Gasteiger partial charge on any atom is -0.396 e. The largest absolute Gasteiger partial charge is 0.396 e. The molecule has 1 atom stereocenters. The van der Waals surface area contributed by atoms with Gasteiger partial charge in [-0.05, 0) is 25.7 Å². The van der Waals surface area contributed by atoms with Gasteiger partial charge in [-0.15, -0.1) is 0 Å². The maximum atomic E-state index is 11.1. The molecule has 0 aliphatic rings. The molecule has 0 bridgehead atoms. The Morgan fingerprint density at radius 3 is 1.94 bits per heavy atom. The molecular formula is C12H26O4S. The first-order chi connectivity index (χ1) is 8.02. The SMILES string of the molecule is CCCCCCCC(CCCCO)S(=O)(=O)O. The van der Waals surface area contributed by atoms with Crippen molar-refractivity contribution in [3.05, 3.63) is 0 Å². The summed E-state index contributed by atoms with van der Waals surface area (Å²) < 4.78 is 31.4. The van der Waals surface area contributed by atoms with E-state index in [9.17, 15) is 8.42 Å². The molecule has 5 heteroatoms. The van der Waals surface area contributed by atoms with Gasteiger partial charge in [0.05, 0.1) is 5.25 Å². The Hall–Kier alpha value is -0.130. The third kappa shape index (κ3) is 9.56. The van der Waals surface area contributed by atoms with Crippen LogP contribution in [0.25, 0.3) is 0 Å². The molecule has 0 spiro atoms. The van der Waals surface area contributed by atoms with Crippen LogP contribution >= 0.6 is 0 Å². The highest BCUT2D eigenvalue weighted by Crippen LogP contribution is 2.17. The van der Waals surface area contributed by atoms with Gasteiger partial charge in [0.2, 0.25) is 0 Å². The second kappa shape index (κ2) is 9.85. The van der Waals surface area contributed by atoms with Gasteiger partial charge in [0.25, 0.3) is 10.1 Å². The zero-order chi connectivity index (χ0) is 13.1. The van der Waals surface area contributed by atoms with E-state index in [1.165, 1.54) is 6.42 Å². The van der Waals surface area contributed by atoms with Crippen LogP contribution in [0.15, 0.2) is 0 Å². The fraction of sp³-hybridized carbons (Fsp3) is 1.00. The first-order valence-corrected chi connectivity index (χ1v) is 8.09. The molecule has 0 aromatic rings. The molecule has 0 aliphatic heterocycles. The Balaban J connectivity index is 3.87. The van der Waals surface area contributed by atoms with Crippen LogP contribution in [0.1, 0.15) is 64.7 Å². The number of hydrogen-bond acceptors (Lipinski definition) is 3. The second-order valence-corrected chi connectivity index (χ2v) is 6.26. The van der Waals surface area contributed by atoms with Gasteiger partial charge in [0.1, 0.15) is 0 Å². The predicted octanol–water partition coefficient (Wildman–Crippen LogP) is 2.77. The summed E-state index contributed by atoms with van der Waals surface area (Å²) >= 11 is 0. The van der Waals surface area contributed by atoms with Crippen molar-refractivity contribution < 1.29 is 18.1 Å². The number of hydrogen-bond donors (Lipinski definition) is 2. The molecule has 0 saturated heterocycles. The summed E-state index contributed by atoms with van der Waals surface area (Å²) in [5.41, 5.74) is 0. The summed E-state index contributed by atoms with van der Waals surface area (Å²) in [7, 11) is -3.92. The second-order valence-electron chi connectivity index (χ2n) is 4.56. The fourth-order valence-electron chi connectivity index (χ4n) is 1.90. The lowest BCUT2D eigenvalue weighted by molar-refractivity contribution is 0.281. The van der Waals surface area contributed by atoms with Gasteiger partial charge in [-0.25, -0.2) is 0 Å². The maximum Gasteiger partial charge on any atom is 0.267 e. The molecule has 0 aliphatic carbocycles. The Morgan fingerprint density at radius 1 is 0.941 bits per heavy atom. The van der Waals surface area contributed by atoms with Crippen LogP contribution in [-0.4, -0.2) is 29.9 Å². The van der Waals surface area contributed by atoms with E-state index in [1.54, 1.807) is 0 Å². The van der Waals surface area contributed by atoms with E-state index in [2.05, 4.69) is 6.92 Å². The van der Waals surface area contributed by atoms with Gasteiger partial charge in [0.15, 0.2) is 0 Å². The van der Waals surface area contributed by atoms with Crippen molar-refractivity contribution in [1.82, 2.24) is 0 Å². The summed E-state index contributed by atoms with van der Waals surface area (Å²) in [4.78, 5) is 0. The highest BCUT2D eigenvalue weighted by molar-refractivity contribution is 7.86. The fourth-order valence-corrected chi connectivity index (χ4v) is 2.83. The van der Waals surface area contributed by atoms with Crippen LogP contribution in [-0.2, 0) is 10.1 Å². The summed E-state index contributed by atoms with van der Waals surface area (Å²) in [6.45, 7) is 2.21. The molecule has 0 heterocycles. The molecule has 0 aromatic carbocycles. The summed E-state index contributed by atoms with van der Waals surface area (Å²) in [5, 5.41) is 8.00. The van der Waals surface area contributed by atoms with Crippen LogP contribution in [0.4, 0.5) is 0 Å². The van der Waals surface area contributed by atoms with E-state index >= 15 is 0 Å². The normalized spacial score (nSPS) is 13.8. The molecule has 2 N–H and O–H groups in total. The van der Waals surface area contributed by atoms with Crippen LogP contribution in [0.3, 0.4) is 0 Å². The minimum absolute atomic E-state index is 0.0781. The van der Waals surface area contributed by atoms with Crippen molar-refractivity contribution in [3.63, 3.8) is 0 Å². The number of aliphatic hydroxyl groups excluding tert-OH is 1. The molecule has 104 valence electrons. The van der Waals surface area contributed by atoms with Gasteiger partial charge >= 0.3 is 0 Å². The van der Waals surface area contributed by atoms with Crippen LogP contribution in [0.5, 0.6) is 0 Å². The van der Waals surface area contributed by atoms with Crippen LogP contribution < -0.4 is 0 Å². The van der Waals surface area contributed by atoms with E-state index in [1.807, 2.05) is 0 Å². The lowest BCUT2D eigenvalue weighted by atomic mass is 10.1. The van der Waals surface area contributed by atoms with Gasteiger partial charge < -0.3 is 5.11 Å². The Morgan fingerprint density at radius 2 is 1.47 bits per heavy atom. The monoisotopic (exact) mass is 266 g/mol. The first-order valence-electron chi connectivity index (χ1n) is 6.59. The van der Waals surface area contributed by atoms with Crippen molar-refractivity contribution >= 4 is 10.1 Å². The van der Waals surface area contributed by atoms with Crippen molar-refractivity contribution in [3.8, 4) is 0 Å². The average Bonchev–Trinajstić information content (AvgIpc) is 2.25. The topological polar surface area (TPSA) is 74.6 Å². The molecule has 17 heavy (non-hydrogen) atoms. The van der Waals surface area contributed by atoms with Gasteiger partial charge in [-0.1, -0.05) is 39.0 Å². The van der Waals surface area contributed by atoms with E-state index in [0.29, 0.717) is 25.7 Å². The number of rotatable bonds is 11. The first kappa shape index (κ1) is 16.9. The molecule has 0 rings (SSSR count). The van der Waals surface area contributed by atoms with Crippen molar-refractivity contribution in [2.45, 2.75) is 70.0 Å². The molecule has 4 nitrogen and oxygen atoms in total. The third-order valence-electron chi connectivity index (χ3n) is 2.99. The van der Waals surface area contributed by atoms with Crippen LogP contribution in [0, 0.1) is 0 Å². The predicted molar refractivity (Wildman–Crippen MR) is 69.6 cm³/mol. The number of aliphatic hydroxyl groups is 1. The summed E-state index contributed by atoms with van der Waals surface area (Å²) in [5.74, 6) is 0.